The Bertz CT molecular complexity index is 573. The van der Waals surface area contributed by atoms with Crippen molar-refractivity contribution in [3.05, 3.63) is 17.0 Å². The molecule has 0 spiro atoms. The van der Waals surface area contributed by atoms with Crippen molar-refractivity contribution in [2.24, 2.45) is 17.5 Å². The summed E-state index contributed by atoms with van der Waals surface area (Å²) < 4.78 is 1.97. The average molecular weight is 461 g/mol. The van der Waals surface area contributed by atoms with E-state index in [-0.39, 0.29) is 24.0 Å². The molecule has 1 heterocycles. The first-order valence-electron chi connectivity index (χ1n) is 9.37. The topological polar surface area (TPSA) is 54.2 Å². The quantitative estimate of drug-likeness (QED) is 0.386. The third kappa shape index (κ3) is 5.59. The highest BCUT2D eigenvalue weighted by molar-refractivity contribution is 14.0. The van der Waals surface area contributed by atoms with E-state index >= 15 is 0 Å². The summed E-state index contributed by atoms with van der Waals surface area (Å²) in [5.74, 6) is 0.918. The second-order valence-electron chi connectivity index (χ2n) is 7.51. The summed E-state index contributed by atoms with van der Waals surface area (Å²) in [4.78, 5) is 4.42. The van der Waals surface area contributed by atoms with Crippen molar-refractivity contribution in [1.82, 2.24) is 20.4 Å². The third-order valence-corrected chi connectivity index (χ3v) is 5.82. The van der Waals surface area contributed by atoms with Gasteiger partial charge in [0, 0.05) is 32.4 Å². The van der Waals surface area contributed by atoms with Crippen LogP contribution in [0.2, 0.25) is 0 Å². The van der Waals surface area contributed by atoms with E-state index in [2.05, 4.69) is 48.4 Å². The van der Waals surface area contributed by atoms with Gasteiger partial charge in [-0.15, -0.1) is 24.0 Å². The Balaban J connectivity index is 0.00000312. The number of aryl methyl sites for hydroxylation is 2. The summed E-state index contributed by atoms with van der Waals surface area (Å²) in [6.45, 7) is 9.79. The van der Waals surface area contributed by atoms with Crippen LogP contribution in [0, 0.1) is 19.3 Å². The molecule has 0 amide bonds. The van der Waals surface area contributed by atoms with Crippen molar-refractivity contribution >= 4 is 29.9 Å². The smallest absolute Gasteiger partial charge is 0.191 e. The van der Waals surface area contributed by atoms with E-state index in [1.54, 1.807) is 0 Å². The van der Waals surface area contributed by atoms with Crippen LogP contribution in [0.1, 0.15) is 62.9 Å². The van der Waals surface area contributed by atoms with E-state index in [9.17, 15) is 0 Å². The van der Waals surface area contributed by atoms with Gasteiger partial charge in [-0.25, -0.2) is 0 Å². The van der Waals surface area contributed by atoms with Crippen LogP contribution >= 0.6 is 24.0 Å². The zero-order valence-electron chi connectivity index (χ0n) is 16.8. The highest BCUT2D eigenvalue weighted by Crippen LogP contribution is 2.40. The summed E-state index contributed by atoms with van der Waals surface area (Å²) in [5.41, 5.74) is 4.19. The van der Waals surface area contributed by atoms with Crippen LogP contribution in [0.3, 0.4) is 0 Å². The normalized spacial score (nSPS) is 17.9. The Labute approximate surface area is 170 Å². The number of nitrogens with one attached hydrogen (secondary N) is 2. The zero-order valence-corrected chi connectivity index (χ0v) is 19.1. The van der Waals surface area contributed by atoms with Gasteiger partial charge in [0.2, 0.25) is 0 Å². The largest absolute Gasteiger partial charge is 0.356 e. The van der Waals surface area contributed by atoms with Crippen molar-refractivity contribution in [2.75, 3.05) is 13.6 Å². The molecule has 0 bridgehead atoms. The summed E-state index contributed by atoms with van der Waals surface area (Å²) in [5, 5.41) is 11.6. The lowest BCUT2D eigenvalue weighted by Gasteiger charge is -2.29. The predicted molar refractivity (Wildman–Crippen MR) is 117 cm³/mol. The number of nitrogens with zero attached hydrogens (tertiary/aromatic N) is 3. The Morgan fingerprint density at radius 2 is 1.96 bits per heavy atom. The average Bonchev–Trinajstić information content (AvgIpc) is 3.13. The van der Waals surface area contributed by atoms with Gasteiger partial charge >= 0.3 is 0 Å². The molecule has 2 rings (SSSR count). The molecule has 0 radical (unpaired) electrons. The molecule has 0 aliphatic heterocycles. The van der Waals surface area contributed by atoms with Crippen molar-refractivity contribution in [3.8, 4) is 0 Å². The zero-order chi connectivity index (χ0) is 17.7. The van der Waals surface area contributed by atoms with Gasteiger partial charge in [0.15, 0.2) is 5.96 Å². The molecule has 0 aromatic carbocycles. The molecule has 1 fully saturated rings. The number of hydrogen-bond acceptors (Lipinski definition) is 2. The van der Waals surface area contributed by atoms with Gasteiger partial charge in [-0.2, -0.15) is 5.10 Å². The molecule has 1 aromatic rings. The summed E-state index contributed by atoms with van der Waals surface area (Å²) in [6.07, 6.45) is 7.65. The summed E-state index contributed by atoms with van der Waals surface area (Å²) in [7, 11) is 3.87. The van der Waals surface area contributed by atoms with Gasteiger partial charge in [-0.05, 0) is 57.4 Å². The Morgan fingerprint density at radius 1 is 1.32 bits per heavy atom. The van der Waals surface area contributed by atoms with Crippen LogP contribution in [0.15, 0.2) is 4.99 Å². The van der Waals surface area contributed by atoms with Crippen LogP contribution < -0.4 is 10.6 Å². The molecule has 1 aliphatic rings. The van der Waals surface area contributed by atoms with Crippen molar-refractivity contribution < 1.29 is 0 Å². The van der Waals surface area contributed by atoms with Gasteiger partial charge in [-0.1, -0.05) is 19.8 Å². The van der Waals surface area contributed by atoms with Crippen LogP contribution in [0.4, 0.5) is 0 Å². The molecule has 144 valence electrons. The van der Waals surface area contributed by atoms with Crippen molar-refractivity contribution in [3.63, 3.8) is 0 Å². The lowest BCUT2D eigenvalue weighted by molar-refractivity contribution is 0.283. The molecule has 1 aromatic heterocycles. The minimum atomic E-state index is 0. The van der Waals surface area contributed by atoms with Gasteiger partial charge < -0.3 is 10.6 Å². The van der Waals surface area contributed by atoms with E-state index in [1.807, 2.05) is 18.8 Å². The number of hydrogen-bond donors (Lipinski definition) is 2. The third-order valence-electron chi connectivity index (χ3n) is 5.82. The number of halogens is 1. The van der Waals surface area contributed by atoms with Gasteiger partial charge in [0.25, 0.3) is 0 Å². The molecular formula is C19H36IN5. The molecule has 5 nitrogen and oxygen atoms in total. The van der Waals surface area contributed by atoms with Crippen LogP contribution in [-0.4, -0.2) is 35.4 Å². The van der Waals surface area contributed by atoms with Crippen LogP contribution in [0.5, 0.6) is 0 Å². The SMILES string of the molecule is CCC1(CNC(=NC)NC(C)Cc2c(C)nn(C)c2C)CCCC1.I. The molecule has 1 saturated carbocycles. The van der Waals surface area contributed by atoms with Crippen molar-refractivity contribution in [2.45, 2.75) is 72.3 Å². The Kier molecular flexibility index (Phi) is 8.71. The fraction of sp³-hybridized carbons (Fsp3) is 0.789. The fourth-order valence-corrected chi connectivity index (χ4v) is 3.95. The maximum atomic E-state index is 4.51. The molecule has 1 aliphatic carbocycles. The Hall–Kier alpha value is -0.790. The van der Waals surface area contributed by atoms with E-state index in [0.717, 1.165) is 24.6 Å². The van der Waals surface area contributed by atoms with Gasteiger partial charge in [-0.3, -0.25) is 9.67 Å². The van der Waals surface area contributed by atoms with Gasteiger partial charge in [0.1, 0.15) is 0 Å². The van der Waals surface area contributed by atoms with E-state index in [4.69, 9.17) is 0 Å². The summed E-state index contributed by atoms with van der Waals surface area (Å²) >= 11 is 0. The maximum Gasteiger partial charge on any atom is 0.191 e. The minimum Gasteiger partial charge on any atom is -0.356 e. The standard InChI is InChI=1S/C19H35N5.HI/c1-7-19(10-8-9-11-19)13-21-18(20-5)22-14(2)12-17-15(3)23-24(6)16(17)4;/h14H,7-13H2,1-6H3,(H2,20,21,22);1H. The molecule has 1 unspecified atom stereocenters. The van der Waals surface area contributed by atoms with Gasteiger partial charge in [0.05, 0.1) is 5.69 Å². The monoisotopic (exact) mass is 461 g/mol. The van der Waals surface area contributed by atoms with Crippen LogP contribution in [-0.2, 0) is 13.5 Å². The second-order valence-corrected chi connectivity index (χ2v) is 7.51. The highest BCUT2D eigenvalue weighted by Gasteiger charge is 2.32. The highest BCUT2D eigenvalue weighted by atomic mass is 127. The van der Waals surface area contributed by atoms with E-state index in [0.29, 0.717) is 11.5 Å². The minimum absolute atomic E-state index is 0. The first kappa shape index (κ1) is 22.3. The maximum absolute atomic E-state index is 4.51. The van der Waals surface area contributed by atoms with E-state index in [1.165, 1.54) is 43.4 Å². The molecule has 6 heteroatoms. The second kappa shape index (κ2) is 9.78. The van der Waals surface area contributed by atoms with Crippen molar-refractivity contribution in [1.29, 1.82) is 0 Å². The number of aromatic nitrogens is 2. The lowest BCUT2D eigenvalue weighted by atomic mass is 9.83. The number of guanidine groups is 1. The Morgan fingerprint density at radius 3 is 2.44 bits per heavy atom. The molecular weight excluding hydrogens is 425 g/mol. The van der Waals surface area contributed by atoms with Crippen LogP contribution in [0.25, 0.3) is 0 Å². The number of aliphatic imine (C=N–C) groups is 1. The fourth-order valence-electron chi connectivity index (χ4n) is 3.95. The lowest BCUT2D eigenvalue weighted by Crippen LogP contribution is -2.46. The number of rotatable bonds is 6. The molecule has 1 atom stereocenters. The summed E-state index contributed by atoms with van der Waals surface area (Å²) in [6, 6.07) is 0.318. The molecule has 25 heavy (non-hydrogen) atoms. The first-order chi connectivity index (χ1) is 11.4. The first-order valence-corrected chi connectivity index (χ1v) is 9.37. The predicted octanol–water partition coefficient (Wildman–Crippen LogP) is 3.72. The molecule has 0 saturated heterocycles. The molecule has 2 N–H and O–H groups in total. The van der Waals surface area contributed by atoms with E-state index < -0.39 is 0 Å².